The lowest BCUT2D eigenvalue weighted by Crippen LogP contribution is -2.06. The number of amidine groups is 1. The third-order valence-electron chi connectivity index (χ3n) is 1.40. The van der Waals surface area contributed by atoms with Crippen LogP contribution in [0.2, 0.25) is 0 Å². The van der Waals surface area contributed by atoms with E-state index in [9.17, 15) is 0 Å². The molecule has 0 aliphatic rings. The van der Waals surface area contributed by atoms with Gasteiger partial charge in [-0.3, -0.25) is 10.1 Å². The molecule has 0 amide bonds. The molecule has 0 fully saturated rings. The molecule has 11 heavy (non-hydrogen) atoms. The van der Waals surface area contributed by atoms with Gasteiger partial charge in [-0.25, -0.2) is 0 Å². The number of nitrogens with zero attached hydrogens (tertiary/aromatic N) is 2. The van der Waals surface area contributed by atoms with Crippen LogP contribution in [0.5, 0.6) is 0 Å². The second-order valence-corrected chi connectivity index (χ2v) is 2.48. The number of aliphatic imine (C=N–C) groups is 1. The van der Waals surface area contributed by atoms with Crippen molar-refractivity contribution in [1.29, 1.82) is 0 Å². The summed E-state index contributed by atoms with van der Waals surface area (Å²) >= 11 is 0. The molecule has 60 valence electrons. The van der Waals surface area contributed by atoms with Crippen LogP contribution in [0.1, 0.15) is 25.5 Å². The van der Waals surface area contributed by atoms with E-state index in [1.807, 2.05) is 13.1 Å². The highest BCUT2D eigenvalue weighted by atomic mass is 15.1. The largest absolute Gasteiger partial charge is 0.388 e. The molecule has 0 aliphatic carbocycles. The van der Waals surface area contributed by atoms with Crippen molar-refractivity contribution >= 4 is 5.84 Å². The van der Waals surface area contributed by atoms with Gasteiger partial charge < -0.3 is 5.73 Å². The summed E-state index contributed by atoms with van der Waals surface area (Å²) in [5, 5.41) is 6.54. The summed E-state index contributed by atoms with van der Waals surface area (Å²) in [5.74, 6) is 0.596. The van der Waals surface area contributed by atoms with Gasteiger partial charge in [0, 0.05) is 11.8 Å². The fourth-order valence-corrected chi connectivity index (χ4v) is 0.869. The highest BCUT2D eigenvalue weighted by Crippen LogP contribution is 2.13. The molecule has 1 atom stereocenters. The second kappa shape index (κ2) is 3.18. The van der Waals surface area contributed by atoms with Crippen molar-refractivity contribution < 1.29 is 0 Å². The zero-order valence-electron chi connectivity index (χ0n) is 6.70. The third kappa shape index (κ3) is 2.07. The maximum absolute atomic E-state index is 5.42. The van der Waals surface area contributed by atoms with Crippen LogP contribution in [0.3, 0.4) is 0 Å². The fraction of sp³-hybridized carbons (Fsp3) is 0.429. The third-order valence-corrected chi connectivity index (χ3v) is 1.40. The summed E-state index contributed by atoms with van der Waals surface area (Å²) in [7, 11) is 0. The van der Waals surface area contributed by atoms with E-state index >= 15 is 0 Å². The Hall–Kier alpha value is -1.32. The highest BCUT2D eigenvalue weighted by Gasteiger charge is 2.02. The van der Waals surface area contributed by atoms with Crippen molar-refractivity contribution in [1.82, 2.24) is 10.2 Å². The van der Waals surface area contributed by atoms with E-state index in [0.29, 0.717) is 5.84 Å². The summed E-state index contributed by atoms with van der Waals surface area (Å²) in [4.78, 5) is 4.15. The molecular weight excluding hydrogens is 140 g/mol. The van der Waals surface area contributed by atoms with Crippen molar-refractivity contribution in [2.75, 3.05) is 0 Å². The number of hydrogen-bond acceptors (Lipinski definition) is 2. The molecule has 4 nitrogen and oxygen atoms in total. The van der Waals surface area contributed by atoms with Crippen molar-refractivity contribution in [2.24, 2.45) is 10.7 Å². The first kappa shape index (κ1) is 7.78. The monoisotopic (exact) mass is 152 g/mol. The van der Waals surface area contributed by atoms with E-state index in [1.165, 1.54) is 0 Å². The summed E-state index contributed by atoms with van der Waals surface area (Å²) in [6, 6.07) is 0.0961. The Morgan fingerprint density at radius 1 is 1.82 bits per heavy atom. The van der Waals surface area contributed by atoms with Gasteiger partial charge >= 0.3 is 0 Å². The van der Waals surface area contributed by atoms with E-state index in [0.717, 1.165) is 5.56 Å². The molecule has 0 aliphatic heterocycles. The van der Waals surface area contributed by atoms with Crippen LogP contribution in [-0.2, 0) is 0 Å². The van der Waals surface area contributed by atoms with Gasteiger partial charge in [-0.05, 0) is 13.8 Å². The summed E-state index contributed by atoms with van der Waals surface area (Å²) < 4.78 is 0. The number of nitrogens with one attached hydrogen (secondary N) is 1. The Labute approximate surface area is 65.5 Å². The van der Waals surface area contributed by atoms with Gasteiger partial charge in [-0.15, -0.1) is 0 Å². The number of hydrogen-bond donors (Lipinski definition) is 2. The van der Waals surface area contributed by atoms with Gasteiger partial charge in [0.05, 0.1) is 18.1 Å². The maximum atomic E-state index is 5.42. The van der Waals surface area contributed by atoms with Gasteiger partial charge in [-0.1, -0.05) is 0 Å². The van der Waals surface area contributed by atoms with Crippen molar-refractivity contribution in [3.63, 3.8) is 0 Å². The van der Waals surface area contributed by atoms with E-state index in [2.05, 4.69) is 15.2 Å². The van der Waals surface area contributed by atoms with Crippen LogP contribution >= 0.6 is 0 Å². The number of H-pyrrole nitrogens is 1. The Morgan fingerprint density at radius 2 is 2.55 bits per heavy atom. The lowest BCUT2D eigenvalue weighted by atomic mass is 10.2. The van der Waals surface area contributed by atoms with Crippen LogP contribution in [0.15, 0.2) is 17.4 Å². The van der Waals surface area contributed by atoms with Crippen LogP contribution in [0.4, 0.5) is 0 Å². The van der Waals surface area contributed by atoms with Crippen molar-refractivity contribution in [3.8, 4) is 0 Å². The normalized spacial score (nSPS) is 14.9. The van der Waals surface area contributed by atoms with Gasteiger partial charge in [0.15, 0.2) is 0 Å². The molecule has 0 aromatic carbocycles. The molecule has 0 bridgehead atoms. The summed E-state index contributed by atoms with van der Waals surface area (Å²) in [6.07, 6.45) is 3.56. The van der Waals surface area contributed by atoms with Crippen LogP contribution in [0.25, 0.3) is 0 Å². The molecule has 0 saturated heterocycles. The SMILES string of the molecule is CC(N)=NC(C)c1cn[nH]c1. The summed E-state index contributed by atoms with van der Waals surface area (Å²) in [6.45, 7) is 3.75. The fourth-order valence-electron chi connectivity index (χ4n) is 0.869. The smallest absolute Gasteiger partial charge is 0.0913 e. The molecule has 0 radical (unpaired) electrons. The molecule has 1 aromatic rings. The van der Waals surface area contributed by atoms with Gasteiger partial charge in [0.2, 0.25) is 0 Å². The van der Waals surface area contributed by atoms with Crippen LogP contribution in [0, 0.1) is 0 Å². The van der Waals surface area contributed by atoms with Gasteiger partial charge in [0.1, 0.15) is 0 Å². The average Bonchev–Trinajstić information content (AvgIpc) is 2.35. The molecular formula is C7H12N4. The first-order chi connectivity index (χ1) is 5.20. The second-order valence-electron chi connectivity index (χ2n) is 2.48. The minimum Gasteiger partial charge on any atom is -0.388 e. The molecule has 1 unspecified atom stereocenters. The molecule has 1 rings (SSSR count). The quantitative estimate of drug-likeness (QED) is 0.487. The molecule has 0 spiro atoms. The maximum Gasteiger partial charge on any atom is 0.0913 e. The summed E-state index contributed by atoms with van der Waals surface area (Å²) in [5.41, 5.74) is 6.47. The topological polar surface area (TPSA) is 67.1 Å². The lowest BCUT2D eigenvalue weighted by molar-refractivity contribution is 0.818. The first-order valence-electron chi connectivity index (χ1n) is 3.48. The highest BCUT2D eigenvalue weighted by molar-refractivity contribution is 5.77. The minimum atomic E-state index is 0.0961. The predicted molar refractivity (Wildman–Crippen MR) is 44.3 cm³/mol. The van der Waals surface area contributed by atoms with E-state index in [-0.39, 0.29) is 6.04 Å². The van der Waals surface area contributed by atoms with E-state index in [1.54, 1.807) is 13.1 Å². The Balaban J connectivity index is 2.71. The molecule has 1 aromatic heterocycles. The number of nitrogens with two attached hydrogens (primary N) is 1. The standard InChI is InChI=1S/C7H12N4/c1-5(11-6(2)8)7-3-9-10-4-7/h3-5H,1-2H3,(H2,8,11)(H,9,10). The van der Waals surface area contributed by atoms with Crippen LogP contribution in [-0.4, -0.2) is 16.0 Å². The zero-order chi connectivity index (χ0) is 8.27. The zero-order valence-corrected chi connectivity index (χ0v) is 6.70. The molecule has 3 N–H and O–H groups in total. The first-order valence-corrected chi connectivity index (χ1v) is 3.48. The number of rotatable bonds is 2. The average molecular weight is 152 g/mol. The van der Waals surface area contributed by atoms with E-state index < -0.39 is 0 Å². The number of aromatic amines is 1. The molecule has 1 heterocycles. The minimum absolute atomic E-state index is 0.0961. The van der Waals surface area contributed by atoms with Crippen LogP contribution < -0.4 is 5.73 Å². The van der Waals surface area contributed by atoms with Crippen molar-refractivity contribution in [2.45, 2.75) is 19.9 Å². The Kier molecular flexibility index (Phi) is 2.25. The lowest BCUT2D eigenvalue weighted by Gasteiger charge is -2.01. The van der Waals surface area contributed by atoms with Gasteiger partial charge in [0.25, 0.3) is 0 Å². The predicted octanol–water partition coefficient (Wildman–Crippen LogP) is 0.848. The number of aromatic nitrogens is 2. The van der Waals surface area contributed by atoms with Crippen molar-refractivity contribution in [3.05, 3.63) is 18.0 Å². The Bertz CT molecular complexity index is 233. The molecule has 4 heteroatoms. The van der Waals surface area contributed by atoms with E-state index in [4.69, 9.17) is 5.73 Å². The van der Waals surface area contributed by atoms with Gasteiger partial charge in [-0.2, -0.15) is 5.10 Å². The Morgan fingerprint density at radius 3 is 3.00 bits per heavy atom. The molecule has 0 saturated carbocycles.